The van der Waals surface area contributed by atoms with Gasteiger partial charge in [-0.05, 0) is 37.5 Å². The molecule has 4 heteroatoms. The van der Waals surface area contributed by atoms with Gasteiger partial charge in [-0.2, -0.15) is 0 Å². The van der Waals surface area contributed by atoms with E-state index in [1.54, 1.807) is 12.1 Å². The topological polar surface area (TPSA) is 32.3 Å². The molecule has 0 aromatic heterocycles. The van der Waals surface area contributed by atoms with Crippen LogP contribution in [-0.4, -0.2) is 22.9 Å². The highest BCUT2D eigenvalue weighted by molar-refractivity contribution is 5.84. The third-order valence-electron chi connectivity index (χ3n) is 4.40. The first-order chi connectivity index (χ1) is 9.45. The molecule has 20 heavy (non-hydrogen) atoms. The van der Waals surface area contributed by atoms with Gasteiger partial charge in [0.1, 0.15) is 12.0 Å². The second-order valence-electron chi connectivity index (χ2n) is 5.71. The molecule has 1 saturated heterocycles. The van der Waals surface area contributed by atoms with Crippen molar-refractivity contribution in [3.63, 3.8) is 0 Å². The molecule has 1 aromatic rings. The zero-order chi connectivity index (χ0) is 14.9. The minimum atomic E-state index is -0.257. The second kappa shape index (κ2) is 5.92. The average molecular weight is 278 g/mol. The van der Waals surface area contributed by atoms with E-state index >= 15 is 0 Å². The van der Waals surface area contributed by atoms with Crippen molar-refractivity contribution in [1.82, 2.24) is 10.2 Å². The highest BCUT2D eigenvalue weighted by atomic mass is 19.1. The van der Waals surface area contributed by atoms with Crippen LogP contribution in [0.4, 0.5) is 4.39 Å². The van der Waals surface area contributed by atoms with Crippen LogP contribution in [-0.2, 0) is 4.79 Å². The van der Waals surface area contributed by atoms with Crippen molar-refractivity contribution in [2.45, 2.75) is 52.4 Å². The monoisotopic (exact) mass is 278 g/mol. The summed E-state index contributed by atoms with van der Waals surface area (Å²) in [5, 5.41) is 3.30. The quantitative estimate of drug-likeness (QED) is 0.918. The van der Waals surface area contributed by atoms with Crippen LogP contribution in [0.15, 0.2) is 24.3 Å². The Morgan fingerprint density at radius 1 is 1.30 bits per heavy atom. The first-order valence-electron chi connectivity index (χ1n) is 7.29. The van der Waals surface area contributed by atoms with E-state index in [-0.39, 0.29) is 30.0 Å². The summed E-state index contributed by atoms with van der Waals surface area (Å²) >= 11 is 0. The highest BCUT2D eigenvalue weighted by Gasteiger charge is 2.40. The maximum atomic E-state index is 13.1. The van der Waals surface area contributed by atoms with Gasteiger partial charge in [0.2, 0.25) is 5.91 Å². The van der Waals surface area contributed by atoms with Gasteiger partial charge in [0.25, 0.3) is 0 Å². The molecule has 3 nitrogen and oxygen atoms in total. The van der Waals surface area contributed by atoms with Gasteiger partial charge >= 0.3 is 0 Å². The van der Waals surface area contributed by atoms with Crippen molar-refractivity contribution in [2.24, 2.45) is 5.92 Å². The number of benzene rings is 1. The van der Waals surface area contributed by atoms with Crippen molar-refractivity contribution >= 4 is 5.91 Å². The van der Waals surface area contributed by atoms with Gasteiger partial charge in [-0.1, -0.05) is 32.4 Å². The molecule has 4 atom stereocenters. The van der Waals surface area contributed by atoms with Crippen LogP contribution in [0.5, 0.6) is 0 Å². The Hall–Kier alpha value is -1.42. The number of carbonyl (C=O) groups excluding carboxylic acids is 1. The van der Waals surface area contributed by atoms with E-state index in [1.165, 1.54) is 12.1 Å². The van der Waals surface area contributed by atoms with E-state index in [2.05, 4.69) is 26.1 Å². The molecule has 1 N–H and O–H groups in total. The molecular formula is C16H23FN2O. The Bertz CT molecular complexity index is 474. The third-order valence-corrected chi connectivity index (χ3v) is 4.40. The summed E-state index contributed by atoms with van der Waals surface area (Å²) in [7, 11) is 0. The van der Waals surface area contributed by atoms with E-state index in [9.17, 15) is 9.18 Å². The molecule has 0 spiro atoms. The zero-order valence-corrected chi connectivity index (χ0v) is 12.6. The van der Waals surface area contributed by atoms with Crippen LogP contribution in [0.25, 0.3) is 0 Å². The molecule has 1 fully saturated rings. The van der Waals surface area contributed by atoms with Gasteiger partial charge in [-0.3, -0.25) is 10.1 Å². The molecule has 0 radical (unpaired) electrons. The zero-order valence-electron chi connectivity index (χ0n) is 12.6. The number of nitrogens with zero attached hydrogens (tertiary/aromatic N) is 1. The number of hydrogen-bond acceptors (Lipinski definition) is 2. The second-order valence-corrected chi connectivity index (χ2v) is 5.71. The van der Waals surface area contributed by atoms with Gasteiger partial charge in [-0.15, -0.1) is 0 Å². The first kappa shape index (κ1) is 15.0. The van der Waals surface area contributed by atoms with E-state index in [0.717, 1.165) is 12.0 Å². The SMILES string of the molecule is CCC(C)C(C)N1C(=O)C(C)NC1c1ccc(F)cc1. The van der Waals surface area contributed by atoms with Crippen LogP contribution in [0, 0.1) is 11.7 Å². The number of hydrogen-bond donors (Lipinski definition) is 1. The van der Waals surface area contributed by atoms with Crippen molar-refractivity contribution in [1.29, 1.82) is 0 Å². The molecule has 110 valence electrons. The smallest absolute Gasteiger partial charge is 0.241 e. The lowest BCUT2D eigenvalue weighted by Gasteiger charge is -2.34. The number of carbonyl (C=O) groups is 1. The maximum absolute atomic E-state index is 13.1. The van der Waals surface area contributed by atoms with Crippen molar-refractivity contribution in [2.75, 3.05) is 0 Å². The molecule has 2 rings (SSSR count). The Kier molecular flexibility index (Phi) is 4.43. The fourth-order valence-electron chi connectivity index (χ4n) is 2.69. The number of halogens is 1. The van der Waals surface area contributed by atoms with Crippen LogP contribution >= 0.6 is 0 Å². The Labute approximate surface area is 120 Å². The van der Waals surface area contributed by atoms with Gasteiger partial charge in [0.05, 0.1) is 6.04 Å². The normalized spacial score (nSPS) is 25.9. The van der Waals surface area contributed by atoms with Crippen LogP contribution in [0.2, 0.25) is 0 Å². The standard InChI is InChI=1S/C16H23FN2O/c1-5-10(2)12(4)19-15(18-11(3)16(19)20)13-6-8-14(17)9-7-13/h6-12,15,18H,5H2,1-4H3. The van der Waals surface area contributed by atoms with Crippen molar-refractivity contribution < 1.29 is 9.18 Å². The van der Waals surface area contributed by atoms with Gasteiger partial charge in [0.15, 0.2) is 0 Å². The summed E-state index contributed by atoms with van der Waals surface area (Å²) in [6.07, 6.45) is 0.859. The van der Waals surface area contributed by atoms with Crippen molar-refractivity contribution in [3.8, 4) is 0 Å². The molecule has 0 bridgehead atoms. The van der Waals surface area contributed by atoms with Gasteiger partial charge in [-0.25, -0.2) is 4.39 Å². The van der Waals surface area contributed by atoms with E-state index in [1.807, 2.05) is 11.8 Å². The molecular weight excluding hydrogens is 255 g/mol. The fraction of sp³-hybridized carbons (Fsp3) is 0.562. The van der Waals surface area contributed by atoms with Crippen LogP contribution < -0.4 is 5.32 Å². The molecule has 1 aromatic carbocycles. The summed E-state index contributed by atoms with van der Waals surface area (Å²) in [6.45, 7) is 8.25. The first-order valence-corrected chi connectivity index (χ1v) is 7.29. The molecule has 1 amide bonds. The third kappa shape index (κ3) is 2.70. The fourth-order valence-corrected chi connectivity index (χ4v) is 2.69. The predicted molar refractivity (Wildman–Crippen MR) is 77.5 cm³/mol. The lowest BCUT2D eigenvalue weighted by atomic mass is 9.98. The maximum Gasteiger partial charge on any atom is 0.241 e. The lowest BCUT2D eigenvalue weighted by molar-refractivity contribution is -0.132. The molecule has 1 aliphatic heterocycles. The van der Waals surface area contributed by atoms with E-state index in [0.29, 0.717) is 5.92 Å². The minimum absolute atomic E-state index is 0.118. The predicted octanol–water partition coefficient (Wildman–Crippen LogP) is 3.08. The largest absolute Gasteiger partial charge is 0.319 e. The minimum Gasteiger partial charge on any atom is -0.319 e. The Morgan fingerprint density at radius 2 is 1.90 bits per heavy atom. The summed E-state index contributed by atoms with van der Waals surface area (Å²) in [5.41, 5.74) is 0.930. The molecule has 0 saturated carbocycles. The highest BCUT2D eigenvalue weighted by Crippen LogP contribution is 2.30. The molecule has 1 heterocycles. The summed E-state index contributed by atoms with van der Waals surface area (Å²) in [5.74, 6) is 0.286. The van der Waals surface area contributed by atoms with E-state index in [4.69, 9.17) is 0 Å². The average Bonchev–Trinajstić information content (AvgIpc) is 2.74. The molecule has 0 aliphatic carbocycles. The number of amides is 1. The number of nitrogens with one attached hydrogen (secondary N) is 1. The van der Waals surface area contributed by atoms with Gasteiger partial charge in [0, 0.05) is 6.04 Å². The van der Waals surface area contributed by atoms with Gasteiger partial charge < -0.3 is 4.90 Å². The number of rotatable bonds is 4. The van der Waals surface area contributed by atoms with E-state index < -0.39 is 0 Å². The summed E-state index contributed by atoms with van der Waals surface area (Å²) in [4.78, 5) is 14.3. The lowest BCUT2D eigenvalue weighted by Crippen LogP contribution is -2.41. The Balaban J connectivity index is 2.30. The van der Waals surface area contributed by atoms with Crippen molar-refractivity contribution in [3.05, 3.63) is 35.6 Å². The van der Waals surface area contributed by atoms with Crippen LogP contribution in [0.1, 0.15) is 45.8 Å². The molecule has 1 aliphatic rings. The Morgan fingerprint density at radius 3 is 2.45 bits per heavy atom. The molecule has 4 unspecified atom stereocenters. The summed E-state index contributed by atoms with van der Waals surface area (Å²) in [6, 6.07) is 6.33. The van der Waals surface area contributed by atoms with Crippen LogP contribution in [0.3, 0.4) is 0 Å². The summed E-state index contributed by atoms with van der Waals surface area (Å²) < 4.78 is 13.1.